The number of nitrogens with zero attached hydrogens (tertiary/aromatic N) is 5. The Morgan fingerprint density at radius 1 is 1.21 bits per heavy atom. The highest BCUT2D eigenvalue weighted by molar-refractivity contribution is 5.76. The molecule has 0 spiro atoms. The molecule has 1 atom stereocenters. The summed E-state index contributed by atoms with van der Waals surface area (Å²) in [7, 11) is 0. The Labute approximate surface area is 191 Å². The Kier molecular flexibility index (Phi) is 6.19. The zero-order valence-corrected chi connectivity index (χ0v) is 18.3. The number of carbonyl (C=O) groups excluding carboxylic acids is 1. The Morgan fingerprint density at radius 2 is 1.85 bits per heavy atom. The van der Waals surface area contributed by atoms with Crippen molar-refractivity contribution >= 4 is 16.9 Å². The number of benzene rings is 1. The minimum atomic E-state index is -4.44. The lowest BCUT2D eigenvalue weighted by atomic mass is 9.90. The third-order valence-electron chi connectivity index (χ3n) is 6.18. The SMILES string of the molecule is CC(CC(=O)N1CCC(O)(Cn2cnc3c(cnn3-c3ccc(F)cc3)c2=O)CC1)C(F)(F)F. The van der Waals surface area contributed by atoms with E-state index in [0.717, 1.165) is 6.92 Å². The number of likely N-dealkylation sites (tertiary alicyclic amines) is 1. The lowest BCUT2D eigenvalue weighted by Crippen LogP contribution is -2.50. The molecule has 0 bridgehead atoms. The first-order chi connectivity index (χ1) is 16.0. The van der Waals surface area contributed by atoms with Crippen molar-refractivity contribution in [3.8, 4) is 5.69 Å². The summed E-state index contributed by atoms with van der Waals surface area (Å²) < 4.78 is 54.1. The molecule has 12 heteroatoms. The number of amides is 1. The monoisotopic (exact) mass is 481 g/mol. The second-order valence-corrected chi connectivity index (χ2v) is 8.70. The van der Waals surface area contributed by atoms with Crippen LogP contribution in [0.2, 0.25) is 0 Å². The second kappa shape index (κ2) is 8.82. The molecule has 1 fully saturated rings. The van der Waals surface area contributed by atoms with Crippen molar-refractivity contribution in [1.29, 1.82) is 0 Å². The average molecular weight is 481 g/mol. The van der Waals surface area contributed by atoms with Crippen LogP contribution in [-0.2, 0) is 11.3 Å². The number of rotatable bonds is 5. The number of halogens is 4. The van der Waals surface area contributed by atoms with Crippen LogP contribution in [0.15, 0.2) is 41.6 Å². The van der Waals surface area contributed by atoms with Crippen molar-refractivity contribution < 1.29 is 27.5 Å². The number of aromatic nitrogens is 4. The smallest absolute Gasteiger partial charge is 0.388 e. The first-order valence-corrected chi connectivity index (χ1v) is 10.7. The van der Waals surface area contributed by atoms with Gasteiger partial charge in [0.25, 0.3) is 5.56 Å². The fraction of sp³-hybridized carbons (Fsp3) is 0.455. The van der Waals surface area contributed by atoms with Gasteiger partial charge in [0.1, 0.15) is 17.5 Å². The van der Waals surface area contributed by atoms with Crippen LogP contribution in [0.1, 0.15) is 26.2 Å². The molecule has 1 aromatic carbocycles. The van der Waals surface area contributed by atoms with Gasteiger partial charge >= 0.3 is 6.18 Å². The molecule has 1 amide bonds. The molecule has 0 radical (unpaired) electrons. The molecule has 4 rings (SSSR count). The summed E-state index contributed by atoms with van der Waals surface area (Å²) in [6, 6.07) is 5.53. The van der Waals surface area contributed by atoms with Crippen molar-refractivity contribution in [2.75, 3.05) is 13.1 Å². The molecule has 0 saturated carbocycles. The predicted molar refractivity (Wildman–Crippen MR) is 114 cm³/mol. The molecule has 8 nitrogen and oxygen atoms in total. The molecule has 1 unspecified atom stereocenters. The molecule has 0 aliphatic carbocycles. The molecule has 2 aromatic heterocycles. The Balaban J connectivity index is 1.46. The van der Waals surface area contributed by atoms with Crippen molar-refractivity contribution in [1.82, 2.24) is 24.2 Å². The van der Waals surface area contributed by atoms with Gasteiger partial charge in [-0.05, 0) is 37.1 Å². The minimum Gasteiger partial charge on any atom is -0.388 e. The standard InChI is InChI=1S/C22H23F4N5O3/c1-14(22(24,25)26)10-18(32)29-8-6-21(34,7-9-29)12-30-13-27-19-17(20(30)33)11-28-31(19)16-4-2-15(23)3-5-16/h2-5,11,13-14,34H,6-10,12H2,1H3. The molecule has 1 aliphatic heterocycles. The van der Waals surface area contributed by atoms with E-state index in [-0.39, 0.29) is 43.5 Å². The van der Waals surface area contributed by atoms with Crippen LogP contribution in [-0.4, -0.2) is 60.1 Å². The maximum absolute atomic E-state index is 13.2. The molecule has 3 heterocycles. The van der Waals surface area contributed by atoms with E-state index in [1.54, 1.807) is 0 Å². The van der Waals surface area contributed by atoms with Crippen molar-refractivity contribution in [2.24, 2.45) is 5.92 Å². The highest BCUT2D eigenvalue weighted by atomic mass is 19.4. The first-order valence-electron chi connectivity index (χ1n) is 10.7. The highest BCUT2D eigenvalue weighted by Crippen LogP contribution is 2.30. The van der Waals surface area contributed by atoms with Gasteiger partial charge in [-0.1, -0.05) is 6.92 Å². The minimum absolute atomic E-state index is 0.0858. The number of hydrogen-bond acceptors (Lipinski definition) is 5. The molecule has 182 valence electrons. The molecule has 1 N–H and O–H groups in total. The number of carbonyl (C=O) groups is 1. The van der Waals surface area contributed by atoms with Gasteiger partial charge in [0.15, 0.2) is 5.65 Å². The van der Waals surface area contributed by atoms with E-state index in [4.69, 9.17) is 0 Å². The van der Waals surface area contributed by atoms with Crippen LogP contribution in [0.3, 0.4) is 0 Å². The van der Waals surface area contributed by atoms with Crippen LogP contribution in [0.4, 0.5) is 17.6 Å². The Morgan fingerprint density at radius 3 is 2.47 bits per heavy atom. The second-order valence-electron chi connectivity index (χ2n) is 8.70. The summed E-state index contributed by atoms with van der Waals surface area (Å²) >= 11 is 0. The van der Waals surface area contributed by atoms with Gasteiger partial charge in [-0.2, -0.15) is 18.3 Å². The lowest BCUT2D eigenvalue weighted by molar-refractivity contribution is -0.177. The van der Waals surface area contributed by atoms with Crippen LogP contribution in [0.5, 0.6) is 0 Å². The summed E-state index contributed by atoms with van der Waals surface area (Å²) in [5.74, 6) is -2.76. The fourth-order valence-electron chi connectivity index (χ4n) is 3.99. The van der Waals surface area contributed by atoms with E-state index in [1.807, 2.05) is 0 Å². The summed E-state index contributed by atoms with van der Waals surface area (Å²) in [5.41, 5.74) is -0.946. The van der Waals surface area contributed by atoms with Crippen LogP contribution in [0, 0.1) is 11.7 Å². The quantitative estimate of drug-likeness (QED) is 0.566. The number of alkyl halides is 3. The van der Waals surface area contributed by atoms with E-state index in [0.29, 0.717) is 5.69 Å². The number of aliphatic hydroxyl groups is 1. The van der Waals surface area contributed by atoms with Gasteiger partial charge in [0.05, 0.1) is 29.9 Å². The molecule has 1 aliphatic rings. The van der Waals surface area contributed by atoms with Crippen LogP contribution >= 0.6 is 0 Å². The van der Waals surface area contributed by atoms with Gasteiger partial charge in [0.2, 0.25) is 5.91 Å². The van der Waals surface area contributed by atoms with Crippen molar-refractivity contribution in [3.63, 3.8) is 0 Å². The summed E-state index contributed by atoms with van der Waals surface area (Å²) in [5, 5.41) is 15.4. The van der Waals surface area contributed by atoms with E-state index >= 15 is 0 Å². The Hall–Kier alpha value is -3.28. The molecule has 1 saturated heterocycles. The maximum Gasteiger partial charge on any atom is 0.392 e. The van der Waals surface area contributed by atoms with Crippen molar-refractivity contribution in [3.05, 3.63) is 53.0 Å². The van der Waals surface area contributed by atoms with E-state index in [9.17, 15) is 32.3 Å². The first kappa shape index (κ1) is 23.9. The summed E-state index contributed by atoms with van der Waals surface area (Å²) in [4.78, 5) is 30.8. The number of piperidine rings is 1. The van der Waals surface area contributed by atoms with Gasteiger partial charge in [-0.15, -0.1) is 0 Å². The third-order valence-corrected chi connectivity index (χ3v) is 6.18. The number of fused-ring (bicyclic) bond motifs is 1. The van der Waals surface area contributed by atoms with E-state index in [1.165, 1.54) is 50.9 Å². The lowest BCUT2D eigenvalue weighted by Gasteiger charge is -2.38. The summed E-state index contributed by atoms with van der Waals surface area (Å²) in [6.45, 7) is 1.06. The summed E-state index contributed by atoms with van der Waals surface area (Å²) in [6.07, 6.45) is -2.23. The number of hydrogen-bond donors (Lipinski definition) is 1. The zero-order valence-electron chi connectivity index (χ0n) is 18.3. The average Bonchev–Trinajstić information content (AvgIpc) is 3.21. The van der Waals surface area contributed by atoms with Crippen LogP contribution in [0.25, 0.3) is 16.7 Å². The molecular weight excluding hydrogens is 458 g/mol. The largest absolute Gasteiger partial charge is 0.392 e. The maximum atomic E-state index is 13.2. The van der Waals surface area contributed by atoms with Gasteiger partial charge in [0, 0.05) is 19.5 Å². The van der Waals surface area contributed by atoms with Crippen molar-refractivity contribution in [2.45, 2.75) is 44.5 Å². The Bertz CT molecular complexity index is 1240. The van der Waals surface area contributed by atoms with E-state index in [2.05, 4.69) is 10.1 Å². The normalized spacial score (nSPS) is 17.2. The van der Waals surface area contributed by atoms with Crippen LogP contribution < -0.4 is 5.56 Å². The fourth-order valence-corrected chi connectivity index (χ4v) is 3.99. The molecular formula is C22H23F4N5O3. The highest BCUT2D eigenvalue weighted by Gasteiger charge is 2.40. The molecule has 3 aromatic rings. The molecule has 34 heavy (non-hydrogen) atoms. The predicted octanol–water partition coefficient (Wildman–Crippen LogP) is 2.66. The zero-order chi connectivity index (χ0) is 24.7. The topological polar surface area (TPSA) is 93.2 Å². The van der Waals surface area contributed by atoms with Gasteiger partial charge in [-0.3, -0.25) is 14.2 Å². The van der Waals surface area contributed by atoms with Gasteiger partial charge in [-0.25, -0.2) is 14.1 Å². The van der Waals surface area contributed by atoms with E-state index < -0.39 is 41.4 Å². The third kappa shape index (κ3) is 4.81. The van der Waals surface area contributed by atoms with Gasteiger partial charge < -0.3 is 10.0 Å².